The molecule has 0 saturated heterocycles. The van der Waals surface area contributed by atoms with Crippen LogP contribution in [0, 0.1) is 17.0 Å². The number of nitro benzene ring substituents is 1. The summed E-state index contributed by atoms with van der Waals surface area (Å²) in [6, 6.07) is 12.9. The largest absolute Gasteiger partial charge is 0.375 e. The first-order chi connectivity index (χ1) is 9.61. The number of nitrogens with two attached hydrogens (primary N) is 1. The minimum atomic E-state index is -0.451. The number of nitro groups is 1. The monoisotopic (exact) mass is 272 g/mol. The molecule has 4 N–H and O–H groups in total. The molecule has 20 heavy (non-hydrogen) atoms. The zero-order valence-electron chi connectivity index (χ0n) is 11.1. The lowest BCUT2D eigenvalue weighted by atomic mass is 10.1. The lowest BCUT2D eigenvalue weighted by Crippen LogP contribution is -2.11. The molecule has 0 spiro atoms. The van der Waals surface area contributed by atoms with Crippen molar-refractivity contribution < 1.29 is 4.92 Å². The average molecular weight is 272 g/mol. The van der Waals surface area contributed by atoms with E-state index >= 15 is 0 Å². The molecular formula is C14H16N4O2. The standard InChI is InChI=1S/C14H16N4O2/c1-10-4-2-5-11(8-10)9-16-12-6-3-7-13(17-15)14(12)18(19)20/h2-8,16-17H,9,15H2,1H3. The summed E-state index contributed by atoms with van der Waals surface area (Å²) in [5.74, 6) is 5.30. The van der Waals surface area contributed by atoms with E-state index in [1.54, 1.807) is 18.2 Å². The van der Waals surface area contributed by atoms with E-state index in [2.05, 4.69) is 10.7 Å². The molecule has 104 valence electrons. The van der Waals surface area contributed by atoms with Gasteiger partial charge in [0.25, 0.3) is 0 Å². The molecule has 0 aliphatic carbocycles. The van der Waals surface area contributed by atoms with Crippen LogP contribution in [0.5, 0.6) is 0 Å². The number of hydrogen-bond donors (Lipinski definition) is 3. The molecule has 0 atom stereocenters. The van der Waals surface area contributed by atoms with Gasteiger partial charge in [-0.3, -0.25) is 16.0 Å². The van der Waals surface area contributed by atoms with Gasteiger partial charge in [0.1, 0.15) is 11.4 Å². The molecular weight excluding hydrogens is 256 g/mol. The normalized spacial score (nSPS) is 10.1. The Hall–Kier alpha value is -2.60. The van der Waals surface area contributed by atoms with E-state index in [1.807, 2.05) is 31.2 Å². The van der Waals surface area contributed by atoms with E-state index in [1.165, 1.54) is 0 Å². The highest BCUT2D eigenvalue weighted by Crippen LogP contribution is 2.32. The fraction of sp³-hybridized carbons (Fsp3) is 0.143. The summed E-state index contributed by atoms with van der Waals surface area (Å²) in [5.41, 5.74) is 5.22. The fourth-order valence-corrected chi connectivity index (χ4v) is 2.02. The molecule has 6 nitrogen and oxygen atoms in total. The summed E-state index contributed by atoms with van der Waals surface area (Å²) in [6.07, 6.45) is 0. The lowest BCUT2D eigenvalue weighted by molar-refractivity contribution is -0.383. The van der Waals surface area contributed by atoms with Gasteiger partial charge in [-0.15, -0.1) is 0 Å². The second-order valence-corrected chi connectivity index (χ2v) is 4.45. The zero-order valence-corrected chi connectivity index (χ0v) is 11.1. The highest BCUT2D eigenvalue weighted by molar-refractivity contribution is 5.75. The maximum absolute atomic E-state index is 11.1. The molecule has 0 aromatic heterocycles. The maximum atomic E-state index is 11.1. The molecule has 6 heteroatoms. The quantitative estimate of drug-likeness (QED) is 0.442. The van der Waals surface area contributed by atoms with Gasteiger partial charge < -0.3 is 10.7 Å². The predicted molar refractivity (Wildman–Crippen MR) is 79.4 cm³/mol. The molecule has 2 aromatic carbocycles. The summed E-state index contributed by atoms with van der Waals surface area (Å²) in [7, 11) is 0. The van der Waals surface area contributed by atoms with Crippen molar-refractivity contribution in [3.05, 3.63) is 63.7 Å². The predicted octanol–water partition coefficient (Wildman–Crippen LogP) is 2.80. The van der Waals surface area contributed by atoms with Crippen LogP contribution in [0.4, 0.5) is 17.1 Å². The number of para-hydroxylation sites is 1. The first-order valence-corrected chi connectivity index (χ1v) is 6.15. The van der Waals surface area contributed by atoms with E-state index in [0.717, 1.165) is 11.1 Å². The SMILES string of the molecule is Cc1cccc(CNc2cccc(NN)c2[N+](=O)[O-])c1. The van der Waals surface area contributed by atoms with Crippen molar-refractivity contribution in [3.8, 4) is 0 Å². The summed E-state index contributed by atoms with van der Waals surface area (Å²) in [4.78, 5) is 10.7. The van der Waals surface area contributed by atoms with E-state index < -0.39 is 4.92 Å². The number of hydrogen-bond acceptors (Lipinski definition) is 5. The Morgan fingerprint density at radius 3 is 2.55 bits per heavy atom. The van der Waals surface area contributed by atoms with E-state index in [0.29, 0.717) is 12.2 Å². The van der Waals surface area contributed by atoms with Crippen LogP contribution < -0.4 is 16.6 Å². The highest BCUT2D eigenvalue weighted by atomic mass is 16.6. The Bertz CT molecular complexity index is 628. The van der Waals surface area contributed by atoms with Crippen molar-refractivity contribution >= 4 is 17.1 Å². The minimum absolute atomic E-state index is 0.0531. The van der Waals surface area contributed by atoms with Gasteiger partial charge in [0, 0.05) is 6.54 Å². The van der Waals surface area contributed by atoms with Crippen LogP contribution in [0.2, 0.25) is 0 Å². The van der Waals surface area contributed by atoms with Gasteiger partial charge in [0.15, 0.2) is 0 Å². The lowest BCUT2D eigenvalue weighted by Gasteiger charge is -2.10. The Balaban J connectivity index is 2.23. The third-order valence-electron chi connectivity index (χ3n) is 2.94. The third kappa shape index (κ3) is 3.04. The van der Waals surface area contributed by atoms with Crippen molar-refractivity contribution in [2.45, 2.75) is 13.5 Å². The first kappa shape index (κ1) is 13.8. The molecule has 0 heterocycles. The Kier molecular flexibility index (Phi) is 4.17. The Labute approximate surface area is 116 Å². The van der Waals surface area contributed by atoms with Crippen molar-refractivity contribution in [2.24, 2.45) is 5.84 Å². The molecule has 0 unspecified atom stereocenters. The molecule has 0 amide bonds. The molecule has 0 bridgehead atoms. The fourth-order valence-electron chi connectivity index (χ4n) is 2.02. The van der Waals surface area contributed by atoms with Crippen molar-refractivity contribution in [1.29, 1.82) is 0 Å². The van der Waals surface area contributed by atoms with Crippen LogP contribution in [0.25, 0.3) is 0 Å². The summed E-state index contributed by atoms with van der Waals surface area (Å²) in [5, 5.41) is 14.2. The van der Waals surface area contributed by atoms with Crippen LogP contribution >= 0.6 is 0 Å². The number of anilines is 2. The summed E-state index contributed by atoms with van der Waals surface area (Å²) >= 11 is 0. The van der Waals surface area contributed by atoms with Gasteiger partial charge in [-0.25, -0.2) is 0 Å². The van der Waals surface area contributed by atoms with Crippen molar-refractivity contribution in [1.82, 2.24) is 0 Å². The summed E-state index contributed by atoms with van der Waals surface area (Å²) < 4.78 is 0. The Morgan fingerprint density at radius 2 is 1.90 bits per heavy atom. The number of nitrogens with one attached hydrogen (secondary N) is 2. The van der Waals surface area contributed by atoms with E-state index in [-0.39, 0.29) is 11.4 Å². The molecule has 0 aliphatic heterocycles. The minimum Gasteiger partial charge on any atom is -0.375 e. The molecule has 2 rings (SSSR count). The topological polar surface area (TPSA) is 93.2 Å². The second-order valence-electron chi connectivity index (χ2n) is 4.45. The molecule has 0 saturated carbocycles. The average Bonchev–Trinajstić information content (AvgIpc) is 2.44. The Morgan fingerprint density at radius 1 is 1.20 bits per heavy atom. The van der Waals surface area contributed by atoms with Crippen LogP contribution in [0.1, 0.15) is 11.1 Å². The number of rotatable bonds is 5. The van der Waals surface area contributed by atoms with Crippen molar-refractivity contribution in [2.75, 3.05) is 10.7 Å². The number of aryl methyl sites for hydroxylation is 1. The summed E-state index contributed by atoms with van der Waals surface area (Å²) in [6.45, 7) is 2.52. The molecule has 2 aromatic rings. The third-order valence-corrected chi connectivity index (χ3v) is 2.94. The van der Waals surface area contributed by atoms with Gasteiger partial charge in [0.05, 0.1) is 4.92 Å². The van der Waals surface area contributed by atoms with E-state index in [9.17, 15) is 10.1 Å². The number of benzene rings is 2. The zero-order chi connectivity index (χ0) is 14.5. The molecule has 0 fully saturated rings. The van der Waals surface area contributed by atoms with Crippen LogP contribution in [-0.2, 0) is 6.54 Å². The number of nitrogen functional groups attached to an aromatic ring is 1. The second kappa shape index (κ2) is 6.03. The highest BCUT2D eigenvalue weighted by Gasteiger charge is 2.18. The van der Waals surface area contributed by atoms with Gasteiger partial charge in [0.2, 0.25) is 0 Å². The van der Waals surface area contributed by atoms with Gasteiger partial charge in [-0.2, -0.15) is 0 Å². The van der Waals surface area contributed by atoms with E-state index in [4.69, 9.17) is 5.84 Å². The van der Waals surface area contributed by atoms with Gasteiger partial charge in [-0.1, -0.05) is 35.9 Å². The van der Waals surface area contributed by atoms with Crippen molar-refractivity contribution in [3.63, 3.8) is 0 Å². The van der Waals surface area contributed by atoms with Crippen LogP contribution in [0.15, 0.2) is 42.5 Å². The van der Waals surface area contributed by atoms with Crippen LogP contribution in [-0.4, -0.2) is 4.92 Å². The maximum Gasteiger partial charge on any atom is 0.316 e. The number of hydrazine groups is 1. The molecule has 0 radical (unpaired) electrons. The van der Waals surface area contributed by atoms with Crippen LogP contribution in [0.3, 0.4) is 0 Å². The number of nitrogens with zero attached hydrogens (tertiary/aromatic N) is 1. The molecule has 0 aliphatic rings. The van der Waals surface area contributed by atoms with Gasteiger partial charge in [-0.05, 0) is 24.6 Å². The first-order valence-electron chi connectivity index (χ1n) is 6.15. The smallest absolute Gasteiger partial charge is 0.316 e. The van der Waals surface area contributed by atoms with Gasteiger partial charge >= 0.3 is 5.69 Å².